The first-order chi connectivity index (χ1) is 14.3. The molecular formula is C22H26ClF3N2O2. The minimum atomic E-state index is -4.47. The molecule has 0 bridgehead atoms. The van der Waals surface area contributed by atoms with E-state index in [4.69, 9.17) is 21.1 Å². The normalized spacial score (nSPS) is 17.6. The van der Waals surface area contributed by atoms with Gasteiger partial charge in [0.25, 0.3) is 0 Å². The van der Waals surface area contributed by atoms with Crippen molar-refractivity contribution < 1.29 is 22.6 Å². The number of nitrogens with one attached hydrogen (secondary N) is 1. The van der Waals surface area contributed by atoms with Crippen LogP contribution in [0.5, 0.6) is 11.5 Å². The minimum absolute atomic E-state index is 0.233. The summed E-state index contributed by atoms with van der Waals surface area (Å²) < 4.78 is 49.9. The highest BCUT2D eigenvalue weighted by molar-refractivity contribution is 6.31. The molecule has 1 atom stereocenters. The molecule has 0 radical (unpaired) electrons. The number of halogens is 4. The summed E-state index contributed by atoms with van der Waals surface area (Å²) in [6, 6.07) is 10.1. The van der Waals surface area contributed by atoms with Crippen molar-refractivity contribution in [2.45, 2.75) is 31.5 Å². The molecule has 0 saturated carbocycles. The van der Waals surface area contributed by atoms with Crippen molar-refractivity contribution in [2.24, 2.45) is 0 Å². The molecular weight excluding hydrogens is 417 g/mol. The molecule has 0 aliphatic carbocycles. The molecule has 1 unspecified atom stereocenters. The molecule has 1 heterocycles. The summed E-state index contributed by atoms with van der Waals surface area (Å²) in [5.41, 5.74) is 0.736. The monoisotopic (exact) mass is 442 g/mol. The Bertz CT molecular complexity index is 861. The van der Waals surface area contributed by atoms with E-state index in [9.17, 15) is 13.2 Å². The molecule has 0 aromatic heterocycles. The molecule has 1 fully saturated rings. The first-order valence-corrected chi connectivity index (χ1v) is 10.3. The molecule has 1 aliphatic rings. The smallest absolute Gasteiger partial charge is 0.417 e. The van der Waals surface area contributed by atoms with E-state index in [1.165, 1.54) is 6.07 Å². The highest BCUT2D eigenvalue weighted by atomic mass is 35.5. The molecule has 30 heavy (non-hydrogen) atoms. The molecule has 0 spiro atoms. The molecule has 1 saturated heterocycles. The largest absolute Gasteiger partial charge is 0.493 e. The van der Waals surface area contributed by atoms with E-state index in [2.05, 4.69) is 10.2 Å². The lowest BCUT2D eigenvalue weighted by Gasteiger charge is -2.36. The summed E-state index contributed by atoms with van der Waals surface area (Å²) in [6.45, 7) is 2.18. The van der Waals surface area contributed by atoms with Crippen LogP contribution in [-0.2, 0) is 6.18 Å². The molecule has 4 nitrogen and oxygen atoms in total. The van der Waals surface area contributed by atoms with E-state index < -0.39 is 11.7 Å². The zero-order chi connectivity index (χ0) is 21.7. The third-order valence-electron chi connectivity index (χ3n) is 5.41. The van der Waals surface area contributed by atoms with Crippen molar-refractivity contribution in [1.29, 1.82) is 0 Å². The second-order valence-corrected chi connectivity index (χ2v) is 7.69. The minimum Gasteiger partial charge on any atom is -0.493 e. The van der Waals surface area contributed by atoms with Gasteiger partial charge in [0, 0.05) is 24.8 Å². The van der Waals surface area contributed by atoms with Crippen LogP contribution in [0.25, 0.3) is 0 Å². The highest BCUT2D eigenvalue weighted by Gasteiger charge is 2.33. The molecule has 1 aliphatic heterocycles. The van der Waals surface area contributed by atoms with E-state index in [0.29, 0.717) is 30.3 Å². The molecule has 2 aromatic rings. The summed E-state index contributed by atoms with van der Waals surface area (Å²) in [5.74, 6) is 1.38. The van der Waals surface area contributed by atoms with Gasteiger partial charge in [-0.3, -0.25) is 4.90 Å². The van der Waals surface area contributed by atoms with Gasteiger partial charge in [-0.05, 0) is 55.3 Å². The Hall–Kier alpha value is -2.12. The predicted molar refractivity (Wildman–Crippen MR) is 113 cm³/mol. The number of benzene rings is 2. The highest BCUT2D eigenvalue weighted by Crippen LogP contribution is 2.37. The Balaban J connectivity index is 1.67. The van der Waals surface area contributed by atoms with E-state index in [-0.39, 0.29) is 11.1 Å². The third kappa shape index (κ3) is 5.32. The Labute approximate surface area is 179 Å². The molecule has 1 N–H and O–H groups in total. The Morgan fingerprint density at radius 1 is 1.07 bits per heavy atom. The zero-order valence-electron chi connectivity index (χ0n) is 17.1. The number of ether oxygens (including phenoxy) is 2. The van der Waals surface area contributed by atoms with E-state index in [1.807, 2.05) is 18.2 Å². The maximum absolute atomic E-state index is 13.1. The summed E-state index contributed by atoms with van der Waals surface area (Å²) in [4.78, 5) is 2.36. The van der Waals surface area contributed by atoms with Crippen molar-refractivity contribution in [2.75, 3.05) is 39.2 Å². The lowest BCUT2D eigenvalue weighted by atomic mass is 9.95. The van der Waals surface area contributed by atoms with Crippen LogP contribution in [0.1, 0.15) is 36.4 Å². The van der Waals surface area contributed by atoms with Crippen molar-refractivity contribution in [3.8, 4) is 11.5 Å². The molecule has 8 heteroatoms. The number of nitrogens with zero attached hydrogens (tertiary/aromatic N) is 1. The van der Waals surface area contributed by atoms with E-state index >= 15 is 0 Å². The molecule has 164 valence electrons. The molecule has 0 amide bonds. The summed E-state index contributed by atoms with van der Waals surface area (Å²) >= 11 is 5.69. The van der Waals surface area contributed by atoms with Gasteiger partial charge in [-0.15, -0.1) is 0 Å². The van der Waals surface area contributed by atoms with Crippen LogP contribution in [0.3, 0.4) is 0 Å². The van der Waals surface area contributed by atoms with Crippen molar-refractivity contribution >= 4 is 17.3 Å². The topological polar surface area (TPSA) is 33.7 Å². The number of anilines is 1. The maximum atomic E-state index is 13.1. The quantitative estimate of drug-likeness (QED) is 0.569. The fourth-order valence-corrected chi connectivity index (χ4v) is 4.12. The molecule has 3 rings (SSSR count). The Morgan fingerprint density at radius 2 is 1.83 bits per heavy atom. The number of piperidine rings is 1. The van der Waals surface area contributed by atoms with E-state index in [0.717, 1.165) is 37.4 Å². The number of rotatable bonds is 7. The second-order valence-electron chi connectivity index (χ2n) is 7.28. The van der Waals surface area contributed by atoms with Gasteiger partial charge in [-0.1, -0.05) is 24.1 Å². The Kier molecular flexibility index (Phi) is 7.36. The lowest BCUT2D eigenvalue weighted by molar-refractivity contribution is -0.137. The average molecular weight is 443 g/mol. The number of likely N-dealkylation sites (tertiary alicyclic amines) is 1. The Morgan fingerprint density at radius 3 is 2.53 bits per heavy atom. The van der Waals surface area contributed by atoms with Crippen LogP contribution in [-0.4, -0.2) is 38.8 Å². The number of methoxy groups -OCH3 is 2. The third-order valence-corrected chi connectivity index (χ3v) is 5.74. The number of hydrogen-bond acceptors (Lipinski definition) is 4. The number of hydrogen-bond donors (Lipinski definition) is 1. The summed E-state index contributed by atoms with van der Waals surface area (Å²) in [6.07, 6.45) is -1.22. The van der Waals surface area contributed by atoms with Gasteiger partial charge in [0.2, 0.25) is 0 Å². The van der Waals surface area contributed by atoms with Crippen LogP contribution >= 0.6 is 11.6 Å². The summed E-state index contributed by atoms with van der Waals surface area (Å²) in [7, 11) is 3.22. The lowest BCUT2D eigenvalue weighted by Crippen LogP contribution is -2.36. The van der Waals surface area contributed by atoms with Crippen LogP contribution in [0.15, 0.2) is 36.4 Å². The van der Waals surface area contributed by atoms with Gasteiger partial charge in [0.15, 0.2) is 11.5 Å². The van der Waals surface area contributed by atoms with Crippen LogP contribution in [0.4, 0.5) is 18.9 Å². The van der Waals surface area contributed by atoms with Crippen molar-refractivity contribution in [3.05, 3.63) is 52.5 Å². The van der Waals surface area contributed by atoms with Crippen LogP contribution in [0.2, 0.25) is 5.02 Å². The standard InChI is InChI=1S/C22H26ClF3N2O2/c1-29-20-9-6-15(13-21(20)30-2)19-5-3-4-11-28(19)12-10-27-16-7-8-18(23)17(14-16)22(24,25)26/h6-9,13-14,19,27H,3-5,10-12H2,1-2H3. The van der Waals surface area contributed by atoms with Gasteiger partial charge in [0.05, 0.1) is 24.8 Å². The average Bonchev–Trinajstić information content (AvgIpc) is 2.74. The first kappa shape index (κ1) is 22.6. The summed E-state index contributed by atoms with van der Waals surface area (Å²) in [5, 5.41) is 2.81. The van der Waals surface area contributed by atoms with Crippen molar-refractivity contribution in [1.82, 2.24) is 4.90 Å². The van der Waals surface area contributed by atoms with Crippen molar-refractivity contribution in [3.63, 3.8) is 0 Å². The number of alkyl halides is 3. The van der Waals surface area contributed by atoms with Gasteiger partial charge in [0.1, 0.15) is 0 Å². The SMILES string of the molecule is COc1ccc(C2CCCCN2CCNc2ccc(Cl)c(C(F)(F)F)c2)cc1OC. The van der Waals surface area contributed by atoms with Crippen LogP contribution in [0, 0.1) is 0 Å². The van der Waals surface area contributed by atoms with Crippen LogP contribution < -0.4 is 14.8 Å². The fourth-order valence-electron chi connectivity index (χ4n) is 3.89. The zero-order valence-corrected chi connectivity index (χ0v) is 17.8. The van der Waals surface area contributed by atoms with Gasteiger partial charge in [-0.2, -0.15) is 13.2 Å². The van der Waals surface area contributed by atoms with Gasteiger partial charge in [-0.25, -0.2) is 0 Å². The predicted octanol–water partition coefficient (Wildman–Crippen LogP) is 6.02. The maximum Gasteiger partial charge on any atom is 0.417 e. The van der Waals surface area contributed by atoms with Gasteiger partial charge < -0.3 is 14.8 Å². The first-order valence-electron chi connectivity index (χ1n) is 9.90. The van der Waals surface area contributed by atoms with Gasteiger partial charge >= 0.3 is 6.18 Å². The fraction of sp³-hybridized carbons (Fsp3) is 0.455. The molecule has 2 aromatic carbocycles. The van der Waals surface area contributed by atoms with E-state index in [1.54, 1.807) is 20.3 Å². The second kappa shape index (κ2) is 9.79.